The molecule has 1 aliphatic heterocycles. The summed E-state index contributed by atoms with van der Waals surface area (Å²) in [4.78, 5) is 1.96. The van der Waals surface area contributed by atoms with Gasteiger partial charge in [-0.1, -0.05) is 17.7 Å². The summed E-state index contributed by atoms with van der Waals surface area (Å²) in [6, 6.07) is 5.61. The van der Waals surface area contributed by atoms with Crippen LogP contribution in [0.3, 0.4) is 0 Å². The van der Waals surface area contributed by atoms with Gasteiger partial charge in [-0.25, -0.2) is 8.42 Å². The summed E-state index contributed by atoms with van der Waals surface area (Å²) in [5.41, 5.74) is 7.60. The second-order valence-corrected chi connectivity index (χ2v) is 8.65. The Labute approximate surface area is 129 Å². The van der Waals surface area contributed by atoms with E-state index in [9.17, 15) is 8.42 Å². The Morgan fingerprint density at radius 1 is 1.50 bits per heavy atom. The average Bonchev–Trinajstić information content (AvgIpc) is 2.40. The van der Waals surface area contributed by atoms with E-state index in [-0.39, 0.29) is 0 Å². The summed E-state index contributed by atoms with van der Waals surface area (Å²) in [6.45, 7) is 1.24. The quantitative estimate of drug-likeness (QED) is 0.909. The van der Waals surface area contributed by atoms with E-state index < -0.39 is 15.2 Å². The van der Waals surface area contributed by atoms with Crippen molar-refractivity contribution in [2.45, 2.75) is 11.8 Å². The van der Waals surface area contributed by atoms with Crippen molar-refractivity contribution in [3.8, 4) is 0 Å². The first-order chi connectivity index (χ1) is 9.43. The summed E-state index contributed by atoms with van der Waals surface area (Å²) in [7, 11) is -3.14. The third kappa shape index (κ3) is 3.61. The number of halogens is 1. The first-order valence-electron chi connectivity index (χ1n) is 6.45. The molecule has 1 unspecified atom stereocenters. The van der Waals surface area contributed by atoms with Crippen LogP contribution < -0.4 is 10.6 Å². The third-order valence-electron chi connectivity index (χ3n) is 3.35. The van der Waals surface area contributed by atoms with Crippen LogP contribution in [0.4, 0.5) is 5.69 Å². The minimum Gasteiger partial charge on any atom is -0.353 e. The highest BCUT2D eigenvalue weighted by Crippen LogP contribution is 2.31. The molecule has 20 heavy (non-hydrogen) atoms. The molecule has 1 heterocycles. The molecule has 1 saturated heterocycles. The zero-order valence-corrected chi connectivity index (χ0v) is 13.8. The zero-order chi connectivity index (χ0) is 14.8. The highest BCUT2D eigenvalue weighted by atomic mass is 35.5. The number of nitrogens with two attached hydrogens (primary N) is 1. The summed E-state index contributed by atoms with van der Waals surface area (Å²) in [6.07, 6.45) is 2.01. The van der Waals surface area contributed by atoms with Gasteiger partial charge in [-0.15, -0.1) is 0 Å². The molecule has 112 valence electrons. The highest BCUT2D eigenvalue weighted by molar-refractivity contribution is 8.01. The van der Waals surface area contributed by atoms with Crippen molar-refractivity contribution in [2.75, 3.05) is 35.8 Å². The Kier molecular flexibility index (Phi) is 5.23. The number of anilines is 1. The molecule has 1 aromatic carbocycles. The largest absolute Gasteiger partial charge is 0.353 e. The van der Waals surface area contributed by atoms with Crippen molar-refractivity contribution in [3.63, 3.8) is 0 Å². The van der Waals surface area contributed by atoms with E-state index >= 15 is 0 Å². The van der Waals surface area contributed by atoms with Crippen molar-refractivity contribution < 1.29 is 8.42 Å². The molecule has 1 aliphatic rings. The number of nitrogens with zero attached hydrogens (tertiary/aromatic N) is 1. The topological polar surface area (TPSA) is 63.4 Å². The van der Waals surface area contributed by atoms with Crippen molar-refractivity contribution in [3.05, 3.63) is 28.8 Å². The predicted octanol–water partition coefficient (Wildman–Crippen LogP) is 1.77. The molecule has 1 aromatic rings. The van der Waals surface area contributed by atoms with Crippen LogP contribution in [0.2, 0.25) is 5.02 Å². The van der Waals surface area contributed by atoms with Crippen molar-refractivity contribution in [1.82, 2.24) is 0 Å². The zero-order valence-electron chi connectivity index (χ0n) is 11.4. The van der Waals surface area contributed by atoms with E-state index in [1.807, 2.05) is 23.1 Å². The van der Waals surface area contributed by atoms with E-state index in [1.54, 1.807) is 11.8 Å². The number of thioether (sulfide) groups is 1. The molecule has 0 spiro atoms. The summed E-state index contributed by atoms with van der Waals surface area (Å²) >= 11 is 7.76. The van der Waals surface area contributed by atoms with Gasteiger partial charge in [0.05, 0.1) is 0 Å². The van der Waals surface area contributed by atoms with E-state index in [0.29, 0.717) is 30.3 Å². The van der Waals surface area contributed by atoms with Gasteiger partial charge in [-0.05, 0) is 30.7 Å². The molecule has 2 N–H and O–H groups in total. The van der Waals surface area contributed by atoms with Crippen LogP contribution in [-0.4, -0.2) is 44.6 Å². The molecule has 0 amide bonds. The van der Waals surface area contributed by atoms with Gasteiger partial charge in [0, 0.05) is 35.0 Å². The van der Waals surface area contributed by atoms with E-state index in [1.165, 1.54) is 6.26 Å². The lowest BCUT2D eigenvalue weighted by Gasteiger charge is -2.37. The van der Waals surface area contributed by atoms with Crippen LogP contribution in [-0.2, 0) is 16.3 Å². The van der Waals surface area contributed by atoms with Gasteiger partial charge >= 0.3 is 0 Å². The molecule has 0 bridgehead atoms. The van der Waals surface area contributed by atoms with Crippen LogP contribution in [0.25, 0.3) is 0 Å². The first kappa shape index (κ1) is 15.9. The molecular weight excluding hydrogens is 316 g/mol. The molecule has 1 fully saturated rings. The number of sulfone groups is 1. The van der Waals surface area contributed by atoms with Crippen LogP contribution in [0.15, 0.2) is 18.2 Å². The third-order valence-corrected chi connectivity index (χ3v) is 6.23. The standard InChI is InChI=1S/C13H19ClN2O2S2/c1-20(17,18)13-9-19-7-6-16(13)12-8-11(14)3-2-10(12)4-5-15/h2-3,8,13H,4-7,9,15H2,1H3. The van der Waals surface area contributed by atoms with E-state index in [4.69, 9.17) is 17.3 Å². The van der Waals surface area contributed by atoms with Crippen LogP contribution in [0, 0.1) is 0 Å². The Morgan fingerprint density at radius 3 is 2.90 bits per heavy atom. The van der Waals surface area contributed by atoms with Gasteiger partial charge in [-0.3, -0.25) is 0 Å². The second-order valence-electron chi connectivity index (χ2n) is 4.86. The molecule has 0 aliphatic carbocycles. The fraction of sp³-hybridized carbons (Fsp3) is 0.538. The minimum absolute atomic E-state index is 0.490. The first-order valence-corrected chi connectivity index (χ1v) is 9.94. The molecule has 1 atom stereocenters. The van der Waals surface area contributed by atoms with Gasteiger partial charge in [-0.2, -0.15) is 11.8 Å². The lowest BCUT2D eigenvalue weighted by molar-refractivity contribution is 0.584. The number of hydrogen-bond donors (Lipinski definition) is 1. The molecule has 2 rings (SSSR count). The molecule has 0 saturated carbocycles. The van der Waals surface area contributed by atoms with Crippen LogP contribution in [0.1, 0.15) is 5.56 Å². The van der Waals surface area contributed by atoms with Crippen molar-refractivity contribution >= 4 is 38.9 Å². The SMILES string of the molecule is CS(=O)(=O)C1CSCCN1c1cc(Cl)ccc1CCN. The fourth-order valence-electron chi connectivity index (χ4n) is 2.38. The lowest BCUT2D eigenvalue weighted by Crippen LogP contribution is -2.47. The lowest BCUT2D eigenvalue weighted by atomic mass is 10.1. The number of benzene rings is 1. The van der Waals surface area contributed by atoms with E-state index in [0.717, 1.165) is 17.0 Å². The van der Waals surface area contributed by atoms with E-state index in [2.05, 4.69) is 0 Å². The maximum absolute atomic E-state index is 12.0. The van der Waals surface area contributed by atoms with Gasteiger partial charge in [0.2, 0.25) is 0 Å². The normalized spacial score (nSPS) is 20.1. The highest BCUT2D eigenvalue weighted by Gasteiger charge is 2.32. The van der Waals surface area contributed by atoms with Gasteiger partial charge in [0.25, 0.3) is 0 Å². The Hall–Kier alpha value is -0.430. The van der Waals surface area contributed by atoms with Crippen molar-refractivity contribution in [2.24, 2.45) is 5.73 Å². The minimum atomic E-state index is -3.14. The maximum Gasteiger partial charge on any atom is 0.169 e. The van der Waals surface area contributed by atoms with Crippen LogP contribution in [0.5, 0.6) is 0 Å². The molecule has 4 nitrogen and oxygen atoms in total. The maximum atomic E-state index is 12.0. The predicted molar refractivity (Wildman–Crippen MR) is 87.5 cm³/mol. The summed E-state index contributed by atoms with van der Waals surface area (Å²) in [5, 5.41) is 0.127. The smallest absolute Gasteiger partial charge is 0.169 e. The molecular formula is C13H19ClN2O2S2. The van der Waals surface area contributed by atoms with Gasteiger partial charge < -0.3 is 10.6 Å². The average molecular weight is 335 g/mol. The monoisotopic (exact) mass is 334 g/mol. The van der Waals surface area contributed by atoms with Crippen LogP contribution >= 0.6 is 23.4 Å². The molecule has 7 heteroatoms. The van der Waals surface area contributed by atoms with Gasteiger partial charge in [0.1, 0.15) is 5.37 Å². The fourth-order valence-corrected chi connectivity index (χ4v) is 5.38. The Morgan fingerprint density at radius 2 is 2.25 bits per heavy atom. The Bertz CT molecular complexity index is 578. The second kappa shape index (κ2) is 6.56. The molecule has 0 aromatic heterocycles. The number of rotatable bonds is 4. The Balaban J connectivity index is 2.44. The summed E-state index contributed by atoms with van der Waals surface area (Å²) in [5.74, 6) is 1.51. The molecule has 0 radical (unpaired) electrons. The summed E-state index contributed by atoms with van der Waals surface area (Å²) < 4.78 is 24.0. The van der Waals surface area contributed by atoms with Gasteiger partial charge in [0.15, 0.2) is 9.84 Å². The number of hydrogen-bond acceptors (Lipinski definition) is 5. The van der Waals surface area contributed by atoms with Crippen molar-refractivity contribution in [1.29, 1.82) is 0 Å².